The summed E-state index contributed by atoms with van der Waals surface area (Å²) < 4.78 is 5.40. The fraction of sp³-hybridized carbons (Fsp3) is 0.562. The number of carbonyl (C=O) groups is 1. The molecule has 108 valence electrons. The summed E-state index contributed by atoms with van der Waals surface area (Å²) in [5, 5.41) is 3.13. The van der Waals surface area contributed by atoms with Crippen molar-refractivity contribution in [1.82, 2.24) is 0 Å². The molecule has 0 unspecified atom stereocenters. The van der Waals surface area contributed by atoms with Gasteiger partial charge in [-0.25, -0.2) is 0 Å². The highest BCUT2D eigenvalue weighted by Crippen LogP contribution is 2.44. The van der Waals surface area contributed by atoms with Gasteiger partial charge in [0.15, 0.2) is 0 Å². The van der Waals surface area contributed by atoms with E-state index in [-0.39, 0.29) is 11.3 Å². The van der Waals surface area contributed by atoms with Crippen molar-refractivity contribution in [2.45, 2.75) is 32.1 Å². The van der Waals surface area contributed by atoms with E-state index >= 15 is 0 Å². The van der Waals surface area contributed by atoms with Crippen LogP contribution in [0, 0.1) is 5.41 Å². The van der Waals surface area contributed by atoms with Crippen LogP contribution in [0.1, 0.15) is 32.1 Å². The lowest BCUT2D eigenvalue weighted by Crippen LogP contribution is -2.44. The molecule has 1 amide bonds. The monoisotopic (exact) mass is 274 g/mol. The van der Waals surface area contributed by atoms with E-state index < -0.39 is 0 Å². The van der Waals surface area contributed by atoms with Crippen molar-refractivity contribution < 1.29 is 9.53 Å². The van der Waals surface area contributed by atoms with E-state index in [4.69, 9.17) is 4.74 Å². The molecule has 1 N–H and O–H groups in total. The summed E-state index contributed by atoms with van der Waals surface area (Å²) in [6.07, 6.45) is 5.51. The predicted octanol–water partition coefficient (Wildman–Crippen LogP) is 3.03. The zero-order valence-electron chi connectivity index (χ0n) is 12.2. The second-order valence-electron chi connectivity index (χ2n) is 6.01. The third-order valence-electron chi connectivity index (χ3n) is 4.71. The maximum atomic E-state index is 12.8. The first-order valence-corrected chi connectivity index (χ1v) is 7.36. The van der Waals surface area contributed by atoms with Crippen molar-refractivity contribution >= 4 is 17.3 Å². The molecule has 4 heteroatoms. The lowest BCUT2D eigenvalue weighted by atomic mass is 9.73. The SMILES string of the molecule is COc1cccc2c1NC(=O)C1(CCCCC1)CN2C. The first kappa shape index (κ1) is 13.3. The van der Waals surface area contributed by atoms with Crippen LogP contribution in [-0.4, -0.2) is 26.6 Å². The minimum atomic E-state index is -0.239. The Balaban J connectivity index is 2.02. The molecule has 2 aliphatic rings. The van der Waals surface area contributed by atoms with Gasteiger partial charge >= 0.3 is 0 Å². The number of hydrogen-bond donors (Lipinski definition) is 1. The van der Waals surface area contributed by atoms with E-state index in [0.29, 0.717) is 0 Å². The van der Waals surface area contributed by atoms with E-state index in [0.717, 1.165) is 49.4 Å². The van der Waals surface area contributed by atoms with E-state index in [1.165, 1.54) is 6.42 Å². The number of amides is 1. The topological polar surface area (TPSA) is 41.6 Å². The summed E-state index contributed by atoms with van der Waals surface area (Å²) >= 11 is 0. The number of methoxy groups -OCH3 is 1. The van der Waals surface area contributed by atoms with Gasteiger partial charge in [0, 0.05) is 13.6 Å². The number of nitrogens with zero attached hydrogens (tertiary/aromatic N) is 1. The van der Waals surface area contributed by atoms with Crippen LogP contribution in [0.4, 0.5) is 11.4 Å². The van der Waals surface area contributed by atoms with Crippen molar-refractivity contribution in [3.05, 3.63) is 18.2 Å². The van der Waals surface area contributed by atoms with Crippen molar-refractivity contribution in [1.29, 1.82) is 0 Å². The Labute approximate surface area is 120 Å². The lowest BCUT2D eigenvalue weighted by Gasteiger charge is -2.36. The number of anilines is 2. The fourth-order valence-electron chi connectivity index (χ4n) is 3.60. The highest BCUT2D eigenvalue weighted by molar-refractivity contribution is 6.01. The standard InChI is InChI=1S/C16H22N2O2/c1-18-11-16(9-4-3-5-10-16)15(19)17-14-12(18)7-6-8-13(14)20-2/h6-8H,3-5,9-11H2,1-2H3,(H,17,19). The van der Waals surface area contributed by atoms with Gasteiger partial charge < -0.3 is 15.0 Å². The third kappa shape index (κ3) is 2.03. The lowest BCUT2D eigenvalue weighted by molar-refractivity contribution is -0.126. The van der Waals surface area contributed by atoms with Gasteiger partial charge in [-0.15, -0.1) is 0 Å². The molecule has 20 heavy (non-hydrogen) atoms. The number of benzene rings is 1. The summed E-state index contributed by atoms with van der Waals surface area (Å²) in [5.74, 6) is 0.892. The molecule has 0 atom stereocenters. The Morgan fingerprint density at radius 1 is 1.25 bits per heavy atom. The van der Waals surface area contributed by atoms with Crippen LogP contribution in [0.15, 0.2) is 18.2 Å². The second kappa shape index (κ2) is 5.00. The number of rotatable bonds is 1. The van der Waals surface area contributed by atoms with Crippen molar-refractivity contribution in [2.24, 2.45) is 5.41 Å². The highest BCUT2D eigenvalue weighted by atomic mass is 16.5. The highest BCUT2D eigenvalue weighted by Gasteiger charge is 2.43. The maximum Gasteiger partial charge on any atom is 0.232 e. The number of para-hydroxylation sites is 1. The summed E-state index contributed by atoms with van der Waals surface area (Å²) in [7, 11) is 3.71. The molecular formula is C16H22N2O2. The largest absolute Gasteiger partial charge is 0.494 e. The summed E-state index contributed by atoms with van der Waals surface area (Å²) in [5.41, 5.74) is 1.61. The van der Waals surface area contributed by atoms with Crippen LogP contribution in [0.3, 0.4) is 0 Å². The number of fused-ring (bicyclic) bond motifs is 1. The minimum absolute atomic E-state index is 0.160. The molecule has 0 bridgehead atoms. The van der Waals surface area contributed by atoms with Gasteiger partial charge in [-0.3, -0.25) is 4.79 Å². The van der Waals surface area contributed by atoms with Gasteiger partial charge in [0.1, 0.15) is 11.4 Å². The number of ether oxygens (including phenoxy) is 1. The zero-order valence-corrected chi connectivity index (χ0v) is 12.2. The Kier molecular flexibility index (Phi) is 3.32. The maximum absolute atomic E-state index is 12.8. The normalized spacial score (nSPS) is 21.1. The number of nitrogens with one attached hydrogen (secondary N) is 1. The molecule has 1 spiro atoms. The quantitative estimate of drug-likeness (QED) is 0.856. The van der Waals surface area contributed by atoms with E-state index in [9.17, 15) is 4.79 Å². The molecule has 1 aromatic carbocycles. The molecule has 1 aromatic rings. The van der Waals surface area contributed by atoms with E-state index in [1.807, 2.05) is 18.2 Å². The first-order chi connectivity index (χ1) is 9.66. The number of hydrogen-bond acceptors (Lipinski definition) is 3. The van der Waals surface area contributed by atoms with Crippen molar-refractivity contribution in [3.8, 4) is 5.75 Å². The van der Waals surface area contributed by atoms with E-state index in [1.54, 1.807) is 7.11 Å². The van der Waals surface area contributed by atoms with E-state index in [2.05, 4.69) is 17.3 Å². The molecule has 4 nitrogen and oxygen atoms in total. The van der Waals surface area contributed by atoms with Crippen LogP contribution < -0.4 is 15.0 Å². The molecule has 1 saturated carbocycles. The molecule has 3 rings (SSSR count). The summed E-state index contributed by atoms with van der Waals surface area (Å²) in [6, 6.07) is 5.91. The predicted molar refractivity (Wildman–Crippen MR) is 80.4 cm³/mol. The molecule has 0 radical (unpaired) electrons. The fourth-order valence-corrected chi connectivity index (χ4v) is 3.60. The van der Waals surface area contributed by atoms with Gasteiger partial charge in [0.25, 0.3) is 0 Å². The molecule has 0 saturated heterocycles. The molecule has 1 heterocycles. The Morgan fingerprint density at radius 3 is 2.70 bits per heavy atom. The number of carbonyl (C=O) groups excluding carboxylic acids is 1. The Hall–Kier alpha value is -1.71. The molecule has 1 fully saturated rings. The minimum Gasteiger partial charge on any atom is -0.494 e. The Bertz CT molecular complexity index is 521. The van der Waals surface area contributed by atoms with Crippen LogP contribution in [0.5, 0.6) is 5.75 Å². The zero-order chi connectivity index (χ0) is 14.2. The molecule has 0 aromatic heterocycles. The van der Waals surface area contributed by atoms with Gasteiger partial charge in [-0.05, 0) is 25.0 Å². The van der Waals surface area contributed by atoms with Crippen LogP contribution >= 0.6 is 0 Å². The van der Waals surface area contributed by atoms with Gasteiger partial charge in [-0.1, -0.05) is 25.3 Å². The smallest absolute Gasteiger partial charge is 0.232 e. The molecular weight excluding hydrogens is 252 g/mol. The van der Waals surface area contributed by atoms with Crippen LogP contribution in [0.25, 0.3) is 0 Å². The van der Waals surface area contributed by atoms with Crippen LogP contribution in [0.2, 0.25) is 0 Å². The Morgan fingerprint density at radius 2 is 2.00 bits per heavy atom. The van der Waals surface area contributed by atoms with Crippen molar-refractivity contribution in [3.63, 3.8) is 0 Å². The van der Waals surface area contributed by atoms with Gasteiger partial charge in [0.05, 0.1) is 18.2 Å². The third-order valence-corrected chi connectivity index (χ3v) is 4.71. The summed E-state index contributed by atoms with van der Waals surface area (Å²) in [4.78, 5) is 15.0. The second-order valence-corrected chi connectivity index (χ2v) is 6.01. The summed E-state index contributed by atoms with van der Waals surface area (Å²) in [6.45, 7) is 0.791. The van der Waals surface area contributed by atoms with Gasteiger partial charge in [0.2, 0.25) is 5.91 Å². The van der Waals surface area contributed by atoms with Crippen molar-refractivity contribution in [2.75, 3.05) is 30.9 Å². The van der Waals surface area contributed by atoms with Gasteiger partial charge in [-0.2, -0.15) is 0 Å². The average molecular weight is 274 g/mol. The van der Waals surface area contributed by atoms with Crippen LogP contribution in [-0.2, 0) is 4.79 Å². The molecule has 1 aliphatic carbocycles. The molecule has 1 aliphatic heterocycles. The average Bonchev–Trinajstić information content (AvgIpc) is 2.56. The first-order valence-electron chi connectivity index (χ1n) is 7.36.